The summed E-state index contributed by atoms with van der Waals surface area (Å²) in [6.45, 7) is 5.43. The summed E-state index contributed by atoms with van der Waals surface area (Å²) >= 11 is 0. The van der Waals surface area contributed by atoms with Gasteiger partial charge in [-0.1, -0.05) is 18.2 Å². The molecular weight excluding hydrogens is 1100 g/mol. The average molecular weight is 1160 g/mol. The van der Waals surface area contributed by atoms with E-state index in [1.54, 1.807) is 51.3 Å². The van der Waals surface area contributed by atoms with Crippen molar-refractivity contribution in [1.82, 2.24) is 5.06 Å². The van der Waals surface area contributed by atoms with Crippen molar-refractivity contribution in [3.05, 3.63) is 83.6 Å². The summed E-state index contributed by atoms with van der Waals surface area (Å²) in [5.74, 6) is -3.32. The van der Waals surface area contributed by atoms with E-state index in [0.717, 1.165) is 6.07 Å². The zero-order chi connectivity index (χ0) is 53.1. The molecule has 22 nitrogen and oxygen atoms in total. The van der Waals surface area contributed by atoms with Crippen LogP contribution in [0.2, 0.25) is 0 Å². The van der Waals surface area contributed by atoms with Crippen LogP contribution in [0.4, 0.5) is 11.4 Å². The molecule has 75 heavy (non-hydrogen) atoms. The fourth-order valence-corrected chi connectivity index (χ4v) is 11.1. The molecule has 2 atom stereocenters. The first-order valence-electron chi connectivity index (χ1n) is 23.0. The van der Waals surface area contributed by atoms with Gasteiger partial charge < -0.3 is 33.1 Å². The molecule has 3 aliphatic heterocycles. The van der Waals surface area contributed by atoms with Gasteiger partial charge in [0.05, 0.1) is 64.1 Å². The third-order valence-corrected chi connectivity index (χ3v) is 15.9. The van der Waals surface area contributed by atoms with Gasteiger partial charge in [-0.05, 0) is 94.3 Å². The van der Waals surface area contributed by atoms with Crippen LogP contribution < -0.4 is 93.6 Å². The maximum atomic E-state index is 12.5. The van der Waals surface area contributed by atoms with E-state index in [2.05, 4.69) is 0 Å². The van der Waals surface area contributed by atoms with E-state index < -0.39 is 90.4 Å². The van der Waals surface area contributed by atoms with Gasteiger partial charge in [-0.3, -0.25) is 18.7 Å². The van der Waals surface area contributed by atoms with Crippen LogP contribution in [0.5, 0.6) is 0 Å². The molecule has 0 bridgehead atoms. The van der Waals surface area contributed by atoms with E-state index in [4.69, 9.17) is 19.0 Å². The number of hydroxylamine groups is 2. The van der Waals surface area contributed by atoms with Gasteiger partial charge >= 0.3 is 94.6 Å². The summed E-state index contributed by atoms with van der Waals surface area (Å²) in [4.78, 5) is 42.2. The molecule has 1 fully saturated rings. The van der Waals surface area contributed by atoms with Crippen molar-refractivity contribution < 1.29 is 179 Å². The Kier molecular flexibility index (Phi) is 27.9. The molecule has 5 rings (SSSR count). The number of amides is 2. The van der Waals surface area contributed by atoms with Crippen LogP contribution in [0.25, 0.3) is 0 Å². The molecule has 0 saturated carbocycles. The van der Waals surface area contributed by atoms with E-state index >= 15 is 0 Å². The number of carbonyl (C=O) groups excluding carboxylic acids is 3. The molecule has 0 radical (unpaired) electrons. The predicted molar refractivity (Wildman–Crippen MR) is 257 cm³/mol. The molecule has 29 heteroatoms. The zero-order valence-corrected chi connectivity index (χ0v) is 52.4. The van der Waals surface area contributed by atoms with Crippen LogP contribution >= 0.6 is 0 Å². The second-order valence-electron chi connectivity index (χ2n) is 17.8. The Morgan fingerprint density at radius 2 is 1.33 bits per heavy atom. The van der Waals surface area contributed by atoms with Gasteiger partial charge in [-0.2, -0.15) is 21.4 Å². The van der Waals surface area contributed by atoms with E-state index in [9.17, 15) is 66.3 Å². The Morgan fingerprint density at radius 1 is 0.733 bits per heavy atom. The number of fused-ring (bicyclic) bond motifs is 2. The number of unbranched alkanes of at least 4 members (excludes halogenated alkanes) is 2. The minimum atomic E-state index is -4.96. The molecule has 2 amide bonds. The molecule has 0 spiro atoms. The Morgan fingerprint density at radius 3 is 1.95 bits per heavy atom. The molecule has 2 aromatic carbocycles. The van der Waals surface area contributed by atoms with E-state index in [0.29, 0.717) is 71.4 Å². The second-order valence-corrected chi connectivity index (χ2v) is 23.7. The summed E-state index contributed by atoms with van der Waals surface area (Å²) < 4.78 is 158. The molecule has 3 heterocycles. The summed E-state index contributed by atoms with van der Waals surface area (Å²) in [5, 5.41) is 0.467. The molecule has 1 saturated heterocycles. The molecule has 3 aliphatic rings. The third kappa shape index (κ3) is 19.5. The van der Waals surface area contributed by atoms with E-state index in [-0.39, 0.29) is 167 Å². The summed E-state index contributed by atoms with van der Waals surface area (Å²) in [6.07, 6.45) is 9.28. The predicted octanol–water partition coefficient (Wildman–Crippen LogP) is -5.18. The number of rotatable bonds is 29. The summed E-state index contributed by atoms with van der Waals surface area (Å²) in [6, 6.07) is 7.93. The molecule has 398 valence electrons. The van der Waals surface area contributed by atoms with Gasteiger partial charge in [0.2, 0.25) is 5.69 Å². The first kappa shape index (κ1) is 69.4. The Balaban J connectivity index is 0.00000642. The van der Waals surface area contributed by atoms with Crippen LogP contribution in [0.3, 0.4) is 0 Å². The minimum Gasteiger partial charge on any atom is -0.748 e. The van der Waals surface area contributed by atoms with Crippen molar-refractivity contribution in [2.24, 2.45) is 0 Å². The molecule has 0 aliphatic carbocycles. The SMILES string of the molecule is COCCOCCOCCN1C(=CC=CC=CC2=[N+](CCCCCC(=O)ON3C(=O)CCC3=O)c3ccc(S(=O)(=O)[O-])cc3C2(C)CCCS(=O)(=O)[O-])C(C)(CCCS(=O)(=O)O)c2cc(S(=O)(=O)O)ccc21.[Na+].[Na+].[Na+]. The van der Waals surface area contributed by atoms with Crippen LogP contribution in [0.1, 0.15) is 89.2 Å². The monoisotopic (exact) mass is 1160 g/mol. The van der Waals surface area contributed by atoms with Crippen LogP contribution in [-0.4, -0.2) is 150 Å². The smallest absolute Gasteiger partial charge is 0.748 e. The van der Waals surface area contributed by atoms with Crippen LogP contribution in [0, 0.1) is 0 Å². The summed E-state index contributed by atoms with van der Waals surface area (Å²) in [7, 11) is -17.1. The number of ether oxygens (including phenoxy) is 3. The maximum Gasteiger partial charge on any atom is 1.00 e. The largest absolute Gasteiger partial charge is 1.00 e. The normalized spacial score (nSPS) is 19.4. The fourth-order valence-electron chi connectivity index (χ4n) is 9.10. The van der Waals surface area contributed by atoms with Crippen molar-refractivity contribution >= 4 is 75.3 Å². The Bertz CT molecular complexity index is 2940. The average Bonchev–Trinajstić information content (AvgIpc) is 3.81. The molecule has 2 aromatic rings. The standard InChI is InChI=1S/C46H61N3O19S4.3Na/c1-45(21-10-30-69(53,54)55)36-32-34(71(59,60)61)15-17-38(36)47(23-9-5-8-14-44(52)68-49-42(50)19-20-43(49)51)40(45)12-6-4-7-13-41-46(2,22-11-31-70(56,57)58)37-33-35(72(62,63)64)16-18-39(37)48(41)24-25-66-28-29-67-27-26-65-3;;;/h4,6-7,12-13,15-18,32-33H,5,8-11,14,19-31H2,1-3H3,(H3-,53,54,55,56,57,58,59,60,61,62,63,64);;;/q;3*+1/p-1. The molecule has 2 N–H and O–H groups in total. The zero-order valence-electron chi connectivity index (χ0n) is 43.1. The van der Waals surface area contributed by atoms with Crippen molar-refractivity contribution in [3.8, 4) is 0 Å². The number of benzene rings is 2. The first-order valence-corrected chi connectivity index (χ1v) is 29.0. The second kappa shape index (κ2) is 30.2. The van der Waals surface area contributed by atoms with Gasteiger partial charge in [0.15, 0.2) is 5.71 Å². The van der Waals surface area contributed by atoms with Gasteiger partial charge in [0.25, 0.3) is 32.1 Å². The van der Waals surface area contributed by atoms with Gasteiger partial charge in [-0.25, -0.2) is 21.6 Å². The third-order valence-electron chi connectivity index (χ3n) is 12.6. The number of methoxy groups -OCH3 is 1. The Hall–Kier alpha value is -1.74. The summed E-state index contributed by atoms with van der Waals surface area (Å²) in [5.41, 5.74) is 0.716. The van der Waals surface area contributed by atoms with E-state index in [1.807, 2.05) is 9.48 Å². The van der Waals surface area contributed by atoms with Gasteiger partial charge in [-0.15, -0.1) is 5.06 Å². The number of allylic oxidation sites excluding steroid dienone is 6. The Labute approximate surface area is 505 Å². The number of hydrogen-bond acceptors (Lipinski definition) is 18. The first-order chi connectivity index (χ1) is 33.7. The van der Waals surface area contributed by atoms with Crippen LogP contribution in [0.15, 0.2) is 82.3 Å². The van der Waals surface area contributed by atoms with E-state index in [1.165, 1.54) is 30.3 Å². The van der Waals surface area contributed by atoms with Gasteiger partial charge in [0.1, 0.15) is 16.7 Å². The molecule has 0 aromatic heterocycles. The van der Waals surface area contributed by atoms with Crippen molar-refractivity contribution in [2.45, 2.75) is 98.7 Å². The van der Waals surface area contributed by atoms with Crippen molar-refractivity contribution in [2.75, 3.05) is 69.6 Å². The number of imide groups is 1. The fraction of sp³-hybridized carbons (Fsp3) is 0.522. The van der Waals surface area contributed by atoms with Crippen molar-refractivity contribution in [3.63, 3.8) is 0 Å². The quantitative estimate of drug-likeness (QED) is 0.0192. The minimum absolute atomic E-state index is 0. The number of carbonyl (C=O) groups is 3. The molecule has 2 unspecified atom stereocenters. The molecular formula is C46H60N3Na3O19S4+2. The van der Waals surface area contributed by atoms with Crippen molar-refractivity contribution in [1.29, 1.82) is 0 Å². The number of anilines is 1. The maximum absolute atomic E-state index is 12.5. The van der Waals surface area contributed by atoms with Gasteiger partial charge in [0, 0.05) is 79.6 Å². The number of hydrogen-bond donors (Lipinski definition) is 2. The number of nitrogens with zero attached hydrogens (tertiary/aromatic N) is 3. The topological polar surface area (TPSA) is 321 Å². The van der Waals surface area contributed by atoms with Crippen LogP contribution in [-0.2, 0) is 84.7 Å².